The third kappa shape index (κ3) is 4.51. The van der Waals surface area contributed by atoms with E-state index in [1.54, 1.807) is 23.1 Å². The number of carbonyl (C=O) groups excluding carboxylic acids is 2. The van der Waals surface area contributed by atoms with Gasteiger partial charge in [-0.3, -0.25) is 14.3 Å². The first-order valence-electron chi connectivity index (χ1n) is 9.11. The Bertz CT molecular complexity index is 1070. The highest BCUT2D eigenvalue weighted by atomic mass is 32.2. The molecule has 0 spiro atoms. The van der Waals surface area contributed by atoms with Crippen molar-refractivity contribution in [3.05, 3.63) is 42.0 Å². The Labute approximate surface area is 169 Å². The first-order valence-corrected chi connectivity index (χ1v) is 10.6. The van der Waals surface area contributed by atoms with Crippen molar-refractivity contribution in [3.8, 4) is 5.75 Å². The van der Waals surface area contributed by atoms with Crippen molar-refractivity contribution in [2.45, 2.75) is 31.6 Å². The van der Waals surface area contributed by atoms with Crippen molar-refractivity contribution in [3.63, 3.8) is 0 Å². The molecule has 0 unspecified atom stereocenters. The fourth-order valence-corrected chi connectivity index (χ4v) is 4.30. The second-order valence-corrected chi connectivity index (χ2v) is 8.48. The third-order valence-corrected chi connectivity index (χ3v) is 6.00. The van der Waals surface area contributed by atoms with Crippen LogP contribution in [0, 0.1) is 6.92 Å². The number of hydrogen-bond acceptors (Lipinski definition) is 5. The van der Waals surface area contributed by atoms with E-state index in [1.165, 1.54) is 32.2 Å². The summed E-state index contributed by atoms with van der Waals surface area (Å²) in [4.78, 5) is 25.1. The Morgan fingerprint density at radius 1 is 1.17 bits per heavy atom. The molecule has 0 atom stereocenters. The van der Waals surface area contributed by atoms with E-state index in [0.717, 1.165) is 12.0 Å². The van der Waals surface area contributed by atoms with E-state index >= 15 is 0 Å². The molecule has 154 valence electrons. The lowest BCUT2D eigenvalue weighted by Crippen LogP contribution is -2.24. The SMILES string of the molecule is COc1ccc(S(=O)(=O)Nc2ccc(C)c(N3CCCC3=O)c2)cc1NC(C)=O. The number of nitrogens with one attached hydrogen (secondary N) is 2. The van der Waals surface area contributed by atoms with Gasteiger partial charge in [0.2, 0.25) is 11.8 Å². The summed E-state index contributed by atoms with van der Waals surface area (Å²) in [6.07, 6.45) is 1.28. The minimum absolute atomic E-state index is 0.0265. The molecule has 8 nitrogen and oxygen atoms in total. The summed E-state index contributed by atoms with van der Waals surface area (Å²) < 4.78 is 33.5. The first-order chi connectivity index (χ1) is 13.7. The first kappa shape index (κ1) is 20.7. The van der Waals surface area contributed by atoms with Gasteiger partial charge in [0.15, 0.2) is 0 Å². The molecule has 2 aromatic carbocycles. The number of hydrogen-bond donors (Lipinski definition) is 2. The van der Waals surface area contributed by atoms with Crippen LogP contribution in [-0.2, 0) is 19.6 Å². The van der Waals surface area contributed by atoms with Gasteiger partial charge in [-0.05, 0) is 49.2 Å². The number of anilines is 3. The lowest BCUT2D eigenvalue weighted by molar-refractivity contribution is -0.117. The molecular formula is C20H23N3O5S. The molecule has 1 heterocycles. The Morgan fingerprint density at radius 3 is 2.55 bits per heavy atom. The molecule has 2 amide bonds. The van der Waals surface area contributed by atoms with Gasteiger partial charge in [0.1, 0.15) is 5.75 Å². The third-order valence-electron chi connectivity index (χ3n) is 4.62. The number of amides is 2. The molecule has 0 saturated carbocycles. The second kappa shape index (κ2) is 8.12. The molecule has 2 aromatic rings. The summed E-state index contributed by atoms with van der Waals surface area (Å²) in [6.45, 7) is 3.82. The summed E-state index contributed by atoms with van der Waals surface area (Å²) in [6, 6.07) is 9.29. The lowest BCUT2D eigenvalue weighted by atomic mass is 10.1. The fourth-order valence-electron chi connectivity index (χ4n) is 3.22. The molecule has 0 radical (unpaired) electrons. The van der Waals surface area contributed by atoms with Gasteiger partial charge in [0.25, 0.3) is 10.0 Å². The van der Waals surface area contributed by atoms with E-state index in [-0.39, 0.29) is 22.4 Å². The zero-order valence-corrected chi connectivity index (χ0v) is 17.3. The predicted octanol–water partition coefficient (Wildman–Crippen LogP) is 2.89. The van der Waals surface area contributed by atoms with Crippen molar-refractivity contribution in [1.82, 2.24) is 0 Å². The Morgan fingerprint density at radius 2 is 1.93 bits per heavy atom. The normalized spacial score (nSPS) is 14.0. The number of nitrogens with zero attached hydrogens (tertiary/aromatic N) is 1. The van der Waals surface area contributed by atoms with E-state index in [1.807, 2.05) is 6.92 Å². The minimum Gasteiger partial charge on any atom is -0.495 e. The molecular weight excluding hydrogens is 394 g/mol. The molecule has 0 bridgehead atoms. The van der Waals surface area contributed by atoms with Crippen LogP contribution in [0.4, 0.5) is 17.1 Å². The van der Waals surface area contributed by atoms with E-state index < -0.39 is 10.0 Å². The Balaban J connectivity index is 1.92. The topological polar surface area (TPSA) is 105 Å². The van der Waals surface area contributed by atoms with Gasteiger partial charge in [-0.2, -0.15) is 0 Å². The van der Waals surface area contributed by atoms with Gasteiger partial charge in [0, 0.05) is 25.6 Å². The van der Waals surface area contributed by atoms with Crippen LogP contribution in [0.25, 0.3) is 0 Å². The Hall–Kier alpha value is -3.07. The number of ether oxygens (including phenoxy) is 1. The van der Waals surface area contributed by atoms with Gasteiger partial charge in [0.05, 0.1) is 23.4 Å². The van der Waals surface area contributed by atoms with Crippen molar-refractivity contribution in [2.24, 2.45) is 0 Å². The zero-order chi connectivity index (χ0) is 21.2. The molecule has 1 fully saturated rings. The van der Waals surface area contributed by atoms with Crippen molar-refractivity contribution < 1.29 is 22.7 Å². The average Bonchev–Trinajstić information content (AvgIpc) is 3.08. The van der Waals surface area contributed by atoms with Gasteiger partial charge < -0.3 is 15.0 Å². The minimum atomic E-state index is -3.92. The van der Waals surface area contributed by atoms with Crippen LogP contribution in [0.5, 0.6) is 5.75 Å². The highest BCUT2D eigenvalue weighted by molar-refractivity contribution is 7.92. The van der Waals surface area contributed by atoms with Crippen LogP contribution >= 0.6 is 0 Å². The summed E-state index contributed by atoms with van der Waals surface area (Å²) in [5.41, 5.74) is 2.19. The highest BCUT2D eigenvalue weighted by Gasteiger charge is 2.24. The van der Waals surface area contributed by atoms with Gasteiger partial charge in [-0.25, -0.2) is 8.42 Å². The number of rotatable bonds is 6. The smallest absolute Gasteiger partial charge is 0.261 e. The maximum absolute atomic E-state index is 12.9. The van der Waals surface area contributed by atoms with Crippen molar-refractivity contribution in [2.75, 3.05) is 28.6 Å². The molecule has 9 heteroatoms. The van der Waals surface area contributed by atoms with Crippen LogP contribution in [0.1, 0.15) is 25.3 Å². The van der Waals surface area contributed by atoms with Crippen LogP contribution in [0.3, 0.4) is 0 Å². The number of benzene rings is 2. The Kier molecular flexibility index (Phi) is 5.78. The van der Waals surface area contributed by atoms with Crippen molar-refractivity contribution in [1.29, 1.82) is 0 Å². The fraction of sp³-hybridized carbons (Fsp3) is 0.300. The largest absolute Gasteiger partial charge is 0.495 e. The number of aryl methyl sites for hydroxylation is 1. The summed E-state index contributed by atoms with van der Waals surface area (Å²) in [5, 5.41) is 2.56. The maximum atomic E-state index is 12.9. The van der Waals surface area contributed by atoms with E-state index in [9.17, 15) is 18.0 Å². The van der Waals surface area contributed by atoms with Gasteiger partial charge in [-0.15, -0.1) is 0 Å². The van der Waals surface area contributed by atoms with Crippen LogP contribution in [0.2, 0.25) is 0 Å². The monoisotopic (exact) mass is 417 g/mol. The molecule has 0 aromatic heterocycles. The van der Waals surface area contributed by atoms with Gasteiger partial charge >= 0.3 is 0 Å². The summed E-state index contributed by atoms with van der Waals surface area (Å²) >= 11 is 0. The number of carbonyl (C=O) groups is 2. The highest BCUT2D eigenvalue weighted by Crippen LogP contribution is 2.31. The quantitative estimate of drug-likeness (QED) is 0.752. The van der Waals surface area contributed by atoms with E-state index in [0.29, 0.717) is 30.1 Å². The molecule has 3 rings (SSSR count). The van der Waals surface area contributed by atoms with Crippen molar-refractivity contribution >= 4 is 38.9 Å². The maximum Gasteiger partial charge on any atom is 0.261 e. The second-order valence-electron chi connectivity index (χ2n) is 6.80. The average molecular weight is 417 g/mol. The number of sulfonamides is 1. The standard InChI is InChI=1S/C20H23N3O5S/c1-13-6-7-15(11-18(13)23-10-4-5-20(23)25)22-29(26,27)16-8-9-19(28-3)17(12-16)21-14(2)24/h6-9,11-12,22H,4-5,10H2,1-3H3,(H,21,24). The number of methoxy groups -OCH3 is 1. The van der Waals surface area contributed by atoms with E-state index in [2.05, 4.69) is 10.0 Å². The predicted molar refractivity (Wildman–Crippen MR) is 111 cm³/mol. The molecule has 1 aliphatic heterocycles. The molecule has 29 heavy (non-hydrogen) atoms. The summed E-state index contributed by atoms with van der Waals surface area (Å²) in [7, 11) is -2.49. The molecule has 0 aliphatic carbocycles. The van der Waals surface area contributed by atoms with Crippen LogP contribution < -0.4 is 19.7 Å². The van der Waals surface area contributed by atoms with E-state index in [4.69, 9.17) is 4.74 Å². The zero-order valence-electron chi connectivity index (χ0n) is 16.5. The van der Waals surface area contributed by atoms with Crippen LogP contribution in [0.15, 0.2) is 41.3 Å². The molecule has 1 saturated heterocycles. The summed E-state index contributed by atoms with van der Waals surface area (Å²) in [5.74, 6) is 0.0387. The lowest BCUT2D eigenvalue weighted by Gasteiger charge is -2.20. The molecule has 2 N–H and O–H groups in total. The van der Waals surface area contributed by atoms with Gasteiger partial charge in [-0.1, -0.05) is 6.07 Å². The molecule has 1 aliphatic rings. The van der Waals surface area contributed by atoms with Crippen LogP contribution in [-0.4, -0.2) is 33.9 Å².